The Balaban J connectivity index is 1.49. The number of carbonyl (C=O) groups is 1. The van der Waals surface area contributed by atoms with Gasteiger partial charge in [0.15, 0.2) is 0 Å². The van der Waals surface area contributed by atoms with E-state index in [1.54, 1.807) is 12.1 Å². The number of hydrogen-bond acceptors (Lipinski definition) is 2. The fourth-order valence-corrected chi connectivity index (χ4v) is 4.04. The van der Waals surface area contributed by atoms with Gasteiger partial charge in [0.1, 0.15) is 11.6 Å². The molecule has 154 valence electrons. The van der Waals surface area contributed by atoms with Crippen LogP contribution in [0.25, 0.3) is 0 Å². The van der Waals surface area contributed by atoms with Crippen molar-refractivity contribution in [2.45, 2.75) is 25.4 Å². The van der Waals surface area contributed by atoms with E-state index in [0.717, 1.165) is 37.2 Å². The number of carbonyl (C=O) groups excluding carboxylic acids is 1. The Labute approximate surface area is 175 Å². The molecule has 1 aliphatic heterocycles. The molecule has 0 radical (unpaired) electrons. The van der Waals surface area contributed by atoms with Crippen LogP contribution in [0.3, 0.4) is 0 Å². The highest BCUT2D eigenvalue weighted by molar-refractivity contribution is 6.06. The molecule has 0 aliphatic carbocycles. The van der Waals surface area contributed by atoms with E-state index in [0.29, 0.717) is 12.1 Å². The van der Waals surface area contributed by atoms with Crippen molar-refractivity contribution in [1.82, 2.24) is 4.90 Å². The fraction of sp³-hybridized carbons (Fsp3) is 0.240. The number of hydrogen-bond donors (Lipinski definition) is 0. The lowest BCUT2D eigenvalue weighted by molar-refractivity contribution is 0.0958. The van der Waals surface area contributed by atoms with Crippen molar-refractivity contribution >= 4 is 11.6 Å². The van der Waals surface area contributed by atoms with Gasteiger partial charge in [-0.2, -0.15) is 0 Å². The van der Waals surface area contributed by atoms with Gasteiger partial charge in [0.05, 0.1) is 0 Å². The smallest absolute Gasteiger partial charge is 0.258 e. The summed E-state index contributed by atoms with van der Waals surface area (Å²) in [6.07, 6.45) is 1.63. The van der Waals surface area contributed by atoms with Gasteiger partial charge in [-0.3, -0.25) is 9.69 Å². The van der Waals surface area contributed by atoms with Crippen molar-refractivity contribution < 1.29 is 13.6 Å². The highest BCUT2D eigenvalue weighted by Gasteiger charge is 2.29. The molecule has 1 amide bonds. The molecule has 0 aromatic heterocycles. The Bertz CT molecular complexity index is 984. The van der Waals surface area contributed by atoms with E-state index in [9.17, 15) is 13.6 Å². The number of halogens is 2. The monoisotopic (exact) mass is 406 g/mol. The largest absolute Gasteiger partial charge is 0.305 e. The van der Waals surface area contributed by atoms with Crippen LogP contribution in [0.5, 0.6) is 0 Å². The maximum Gasteiger partial charge on any atom is 0.258 e. The number of nitrogens with zero attached hydrogens (tertiary/aromatic N) is 2. The average Bonchev–Trinajstić information content (AvgIpc) is 2.76. The molecule has 0 N–H and O–H groups in total. The lowest BCUT2D eigenvalue weighted by Gasteiger charge is -2.38. The Morgan fingerprint density at radius 1 is 0.867 bits per heavy atom. The van der Waals surface area contributed by atoms with E-state index in [-0.39, 0.29) is 23.6 Å². The van der Waals surface area contributed by atoms with Gasteiger partial charge in [-0.25, -0.2) is 8.78 Å². The fourth-order valence-electron chi connectivity index (χ4n) is 4.04. The Morgan fingerprint density at radius 3 is 2.23 bits per heavy atom. The Hall–Kier alpha value is -3.05. The van der Waals surface area contributed by atoms with Crippen molar-refractivity contribution in [3.8, 4) is 0 Å². The third-order valence-electron chi connectivity index (χ3n) is 5.56. The minimum atomic E-state index is -0.358. The van der Waals surface area contributed by atoms with Crippen molar-refractivity contribution in [3.05, 3.63) is 102 Å². The topological polar surface area (TPSA) is 23.6 Å². The lowest BCUT2D eigenvalue weighted by atomic mass is 10.00. The second-order valence-corrected chi connectivity index (χ2v) is 7.65. The summed E-state index contributed by atoms with van der Waals surface area (Å²) in [4.78, 5) is 17.4. The summed E-state index contributed by atoms with van der Waals surface area (Å²) in [5, 5.41) is 0. The molecule has 0 atom stereocenters. The zero-order valence-corrected chi connectivity index (χ0v) is 16.7. The maximum atomic E-state index is 13.5. The number of amides is 1. The molecule has 1 aliphatic rings. The van der Waals surface area contributed by atoms with Gasteiger partial charge in [0, 0.05) is 36.9 Å². The summed E-state index contributed by atoms with van der Waals surface area (Å²) in [5.41, 5.74) is 2.27. The number of anilines is 1. The molecule has 1 heterocycles. The van der Waals surface area contributed by atoms with Crippen molar-refractivity contribution in [2.75, 3.05) is 18.0 Å². The predicted molar refractivity (Wildman–Crippen MR) is 114 cm³/mol. The summed E-state index contributed by atoms with van der Waals surface area (Å²) >= 11 is 0. The first-order chi connectivity index (χ1) is 14.6. The second kappa shape index (κ2) is 9.18. The zero-order valence-electron chi connectivity index (χ0n) is 16.7. The van der Waals surface area contributed by atoms with E-state index >= 15 is 0 Å². The van der Waals surface area contributed by atoms with Crippen LogP contribution in [0.1, 0.15) is 28.8 Å². The minimum Gasteiger partial charge on any atom is -0.305 e. The standard InChI is InChI=1S/C25H24F2N2O/c26-21-11-9-20(10-12-21)25(30)29(23-7-2-1-3-8-23)24-13-15-28(16-14-24)18-19-5-4-6-22(27)17-19/h1-12,17,24H,13-16,18H2. The molecule has 0 saturated carbocycles. The molecule has 3 aromatic carbocycles. The average molecular weight is 406 g/mol. The van der Waals surface area contributed by atoms with Crippen LogP contribution in [0.15, 0.2) is 78.9 Å². The van der Waals surface area contributed by atoms with Crippen LogP contribution < -0.4 is 4.90 Å². The van der Waals surface area contributed by atoms with Crippen molar-refractivity contribution in [1.29, 1.82) is 0 Å². The third kappa shape index (κ3) is 4.74. The highest BCUT2D eigenvalue weighted by Crippen LogP contribution is 2.26. The van der Waals surface area contributed by atoms with Gasteiger partial charge >= 0.3 is 0 Å². The van der Waals surface area contributed by atoms with Gasteiger partial charge in [0.25, 0.3) is 5.91 Å². The molecular weight excluding hydrogens is 382 g/mol. The summed E-state index contributed by atoms with van der Waals surface area (Å²) in [5.74, 6) is -0.698. The van der Waals surface area contributed by atoms with Gasteiger partial charge in [-0.1, -0.05) is 30.3 Å². The number of piperidine rings is 1. The quantitative estimate of drug-likeness (QED) is 0.576. The summed E-state index contributed by atoms with van der Waals surface area (Å²) in [6.45, 7) is 2.34. The number of para-hydroxylation sites is 1. The first-order valence-electron chi connectivity index (χ1n) is 10.2. The van der Waals surface area contributed by atoms with Crippen LogP contribution in [0.2, 0.25) is 0 Å². The van der Waals surface area contributed by atoms with Crippen LogP contribution in [0.4, 0.5) is 14.5 Å². The third-order valence-corrected chi connectivity index (χ3v) is 5.56. The lowest BCUT2D eigenvalue weighted by Crippen LogP contribution is -2.47. The molecule has 4 rings (SSSR count). The van der Waals surface area contributed by atoms with Crippen molar-refractivity contribution in [3.63, 3.8) is 0 Å². The van der Waals surface area contributed by atoms with E-state index in [1.165, 1.54) is 30.3 Å². The summed E-state index contributed by atoms with van der Waals surface area (Å²) in [6, 6.07) is 22.1. The summed E-state index contributed by atoms with van der Waals surface area (Å²) < 4.78 is 26.8. The zero-order chi connectivity index (χ0) is 20.9. The Morgan fingerprint density at radius 2 is 1.57 bits per heavy atom. The highest BCUT2D eigenvalue weighted by atomic mass is 19.1. The van der Waals surface area contributed by atoms with E-state index in [4.69, 9.17) is 0 Å². The van der Waals surface area contributed by atoms with Crippen molar-refractivity contribution in [2.24, 2.45) is 0 Å². The van der Waals surface area contributed by atoms with E-state index in [1.807, 2.05) is 41.3 Å². The van der Waals surface area contributed by atoms with Gasteiger partial charge < -0.3 is 4.90 Å². The molecule has 0 bridgehead atoms. The maximum absolute atomic E-state index is 13.5. The second-order valence-electron chi connectivity index (χ2n) is 7.65. The molecule has 0 unspecified atom stereocenters. The van der Waals surface area contributed by atoms with Gasteiger partial charge in [-0.15, -0.1) is 0 Å². The Kier molecular flexibility index (Phi) is 6.19. The first kappa shape index (κ1) is 20.2. The number of rotatable bonds is 5. The van der Waals surface area contributed by atoms with Crippen LogP contribution in [-0.4, -0.2) is 29.9 Å². The molecular formula is C25H24F2N2O. The number of likely N-dealkylation sites (tertiary alicyclic amines) is 1. The molecule has 1 saturated heterocycles. The molecule has 3 nitrogen and oxygen atoms in total. The van der Waals surface area contributed by atoms with Crippen LogP contribution >= 0.6 is 0 Å². The van der Waals surface area contributed by atoms with E-state index < -0.39 is 0 Å². The first-order valence-corrected chi connectivity index (χ1v) is 10.2. The number of benzene rings is 3. The summed E-state index contributed by atoms with van der Waals surface area (Å²) in [7, 11) is 0. The molecule has 30 heavy (non-hydrogen) atoms. The predicted octanol–water partition coefficient (Wildman–Crippen LogP) is 5.28. The van der Waals surface area contributed by atoms with Crippen LogP contribution in [-0.2, 0) is 6.54 Å². The minimum absolute atomic E-state index is 0.0497. The molecule has 0 spiro atoms. The van der Waals surface area contributed by atoms with Gasteiger partial charge in [0.2, 0.25) is 0 Å². The molecule has 3 aromatic rings. The SMILES string of the molecule is O=C(c1ccc(F)cc1)N(c1ccccc1)C1CCN(Cc2cccc(F)c2)CC1. The normalized spacial score (nSPS) is 15.1. The van der Waals surface area contributed by atoms with Crippen LogP contribution in [0, 0.1) is 11.6 Å². The molecule has 5 heteroatoms. The molecule has 1 fully saturated rings. The van der Waals surface area contributed by atoms with Gasteiger partial charge in [-0.05, 0) is 66.9 Å². The van der Waals surface area contributed by atoms with E-state index in [2.05, 4.69) is 4.90 Å².